The second-order valence-electron chi connectivity index (χ2n) is 4.67. The van der Waals surface area contributed by atoms with E-state index in [0.29, 0.717) is 44.9 Å². The zero-order valence-electron chi connectivity index (χ0n) is 12.5. The number of nitrogen functional groups attached to an aromatic ring is 1. The largest absolute Gasteiger partial charge is 0.491 e. The second-order valence-corrected chi connectivity index (χ2v) is 5.08. The van der Waals surface area contributed by atoms with Gasteiger partial charge < -0.3 is 19.9 Å². The SMILES string of the molecule is COc1cc2nccc(Oc3ccc(N)cc3Cl)c2nc1OC. The molecule has 2 N–H and O–H groups in total. The van der Waals surface area contributed by atoms with Gasteiger partial charge in [-0.1, -0.05) is 11.6 Å². The lowest BCUT2D eigenvalue weighted by atomic mass is 10.2. The van der Waals surface area contributed by atoms with Gasteiger partial charge in [-0.15, -0.1) is 0 Å². The molecule has 0 radical (unpaired) electrons. The van der Waals surface area contributed by atoms with Crippen LogP contribution in [0, 0.1) is 0 Å². The normalized spacial score (nSPS) is 10.6. The van der Waals surface area contributed by atoms with Crippen LogP contribution in [0.4, 0.5) is 5.69 Å². The Hall–Kier alpha value is -2.73. The van der Waals surface area contributed by atoms with Crippen molar-refractivity contribution in [3.05, 3.63) is 41.6 Å². The molecule has 7 heteroatoms. The number of hydrogen-bond acceptors (Lipinski definition) is 6. The number of ether oxygens (including phenoxy) is 3. The molecule has 0 unspecified atom stereocenters. The Labute approximate surface area is 137 Å². The first kappa shape index (κ1) is 15.2. The molecule has 0 saturated heterocycles. The zero-order valence-corrected chi connectivity index (χ0v) is 13.3. The van der Waals surface area contributed by atoms with Gasteiger partial charge >= 0.3 is 0 Å². The van der Waals surface area contributed by atoms with Gasteiger partial charge in [0.25, 0.3) is 5.88 Å². The average molecular weight is 332 g/mol. The molecule has 0 saturated carbocycles. The molecule has 2 aromatic heterocycles. The summed E-state index contributed by atoms with van der Waals surface area (Å²) in [6, 6.07) is 8.47. The third-order valence-electron chi connectivity index (χ3n) is 3.20. The van der Waals surface area contributed by atoms with Gasteiger partial charge in [-0.3, -0.25) is 4.98 Å². The van der Waals surface area contributed by atoms with Crippen LogP contribution in [0.3, 0.4) is 0 Å². The van der Waals surface area contributed by atoms with E-state index in [1.165, 1.54) is 7.11 Å². The molecule has 0 aliphatic carbocycles. The van der Waals surface area contributed by atoms with E-state index in [4.69, 9.17) is 31.5 Å². The van der Waals surface area contributed by atoms with Crippen LogP contribution in [-0.2, 0) is 0 Å². The fraction of sp³-hybridized carbons (Fsp3) is 0.125. The van der Waals surface area contributed by atoms with E-state index >= 15 is 0 Å². The van der Waals surface area contributed by atoms with E-state index in [0.717, 1.165) is 0 Å². The molecule has 0 aliphatic rings. The molecule has 1 aromatic carbocycles. The highest BCUT2D eigenvalue weighted by molar-refractivity contribution is 6.32. The molecule has 3 rings (SSSR count). The summed E-state index contributed by atoms with van der Waals surface area (Å²) < 4.78 is 16.3. The van der Waals surface area contributed by atoms with Gasteiger partial charge in [0.05, 0.1) is 24.8 Å². The molecule has 3 aromatic rings. The summed E-state index contributed by atoms with van der Waals surface area (Å²) >= 11 is 6.15. The molecular formula is C16H14ClN3O3. The fourth-order valence-electron chi connectivity index (χ4n) is 2.11. The summed E-state index contributed by atoms with van der Waals surface area (Å²) in [4.78, 5) is 8.68. The van der Waals surface area contributed by atoms with Crippen molar-refractivity contribution in [1.82, 2.24) is 9.97 Å². The molecule has 23 heavy (non-hydrogen) atoms. The number of benzene rings is 1. The predicted octanol–water partition coefficient (Wildman–Crippen LogP) is 3.67. The molecule has 2 heterocycles. The highest BCUT2D eigenvalue weighted by atomic mass is 35.5. The summed E-state index contributed by atoms with van der Waals surface area (Å²) in [6.45, 7) is 0. The van der Waals surface area contributed by atoms with E-state index in [1.54, 1.807) is 43.6 Å². The molecule has 0 atom stereocenters. The van der Waals surface area contributed by atoms with E-state index in [1.807, 2.05) is 0 Å². The number of nitrogens with two attached hydrogens (primary N) is 1. The maximum atomic E-state index is 6.15. The van der Waals surface area contributed by atoms with E-state index < -0.39 is 0 Å². The van der Waals surface area contributed by atoms with Gasteiger partial charge in [-0.2, -0.15) is 0 Å². The number of pyridine rings is 2. The van der Waals surface area contributed by atoms with E-state index in [2.05, 4.69) is 9.97 Å². The van der Waals surface area contributed by atoms with Crippen molar-refractivity contribution in [2.24, 2.45) is 0 Å². The van der Waals surface area contributed by atoms with Crippen molar-refractivity contribution in [1.29, 1.82) is 0 Å². The van der Waals surface area contributed by atoms with Crippen molar-refractivity contribution in [2.75, 3.05) is 20.0 Å². The van der Waals surface area contributed by atoms with Crippen LogP contribution in [0.2, 0.25) is 5.02 Å². The topological polar surface area (TPSA) is 79.5 Å². The van der Waals surface area contributed by atoms with Crippen LogP contribution in [-0.4, -0.2) is 24.2 Å². The van der Waals surface area contributed by atoms with Gasteiger partial charge in [0, 0.05) is 24.0 Å². The van der Waals surface area contributed by atoms with E-state index in [9.17, 15) is 0 Å². The Morgan fingerprint density at radius 3 is 2.52 bits per heavy atom. The lowest BCUT2D eigenvalue weighted by Crippen LogP contribution is -1.97. The number of hydrogen-bond donors (Lipinski definition) is 1. The summed E-state index contributed by atoms with van der Waals surface area (Å²) in [5.41, 5.74) is 7.41. The number of aromatic nitrogens is 2. The minimum Gasteiger partial charge on any atom is -0.491 e. The summed E-state index contributed by atoms with van der Waals surface area (Å²) in [5, 5.41) is 0.412. The monoisotopic (exact) mass is 331 g/mol. The highest BCUT2D eigenvalue weighted by Gasteiger charge is 2.14. The van der Waals surface area contributed by atoms with E-state index in [-0.39, 0.29) is 0 Å². The molecule has 6 nitrogen and oxygen atoms in total. The van der Waals surface area contributed by atoms with Crippen LogP contribution >= 0.6 is 11.6 Å². The third-order valence-corrected chi connectivity index (χ3v) is 3.49. The zero-order chi connectivity index (χ0) is 16.4. The van der Waals surface area contributed by atoms with Crippen molar-refractivity contribution >= 4 is 28.3 Å². The Kier molecular flexibility index (Phi) is 4.08. The Bertz CT molecular complexity index is 871. The number of methoxy groups -OCH3 is 2. The van der Waals surface area contributed by atoms with Crippen LogP contribution in [0.5, 0.6) is 23.1 Å². The number of halogens is 1. The predicted molar refractivity (Wildman–Crippen MR) is 88.6 cm³/mol. The average Bonchev–Trinajstić information content (AvgIpc) is 2.56. The van der Waals surface area contributed by atoms with Crippen LogP contribution in [0.25, 0.3) is 11.0 Å². The molecule has 0 spiro atoms. The first-order chi connectivity index (χ1) is 11.1. The van der Waals surface area contributed by atoms with Gasteiger partial charge in [-0.05, 0) is 18.2 Å². The standard InChI is InChI=1S/C16H14ClN3O3/c1-21-14-8-11-15(20-16(14)22-2)13(5-6-19-11)23-12-4-3-9(18)7-10(12)17/h3-8H,18H2,1-2H3. The number of fused-ring (bicyclic) bond motifs is 1. The Balaban J connectivity index is 2.10. The van der Waals surface area contributed by atoms with Crippen LogP contribution in [0.1, 0.15) is 0 Å². The smallest absolute Gasteiger partial charge is 0.257 e. The molecule has 118 valence electrons. The van der Waals surface area contributed by atoms with Crippen molar-refractivity contribution in [2.45, 2.75) is 0 Å². The first-order valence-electron chi connectivity index (χ1n) is 6.73. The van der Waals surface area contributed by atoms with Crippen molar-refractivity contribution < 1.29 is 14.2 Å². The van der Waals surface area contributed by atoms with Crippen molar-refractivity contribution in [3.8, 4) is 23.1 Å². The lowest BCUT2D eigenvalue weighted by molar-refractivity contribution is 0.344. The molecule has 0 aliphatic heterocycles. The molecule has 0 amide bonds. The van der Waals surface area contributed by atoms with Gasteiger partial charge in [0.1, 0.15) is 11.3 Å². The Morgan fingerprint density at radius 2 is 1.83 bits per heavy atom. The maximum Gasteiger partial charge on any atom is 0.257 e. The molecule has 0 bridgehead atoms. The first-order valence-corrected chi connectivity index (χ1v) is 7.11. The summed E-state index contributed by atoms with van der Waals surface area (Å²) in [6.07, 6.45) is 1.62. The second kappa shape index (κ2) is 6.18. The Morgan fingerprint density at radius 1 is 1.00 bits per heavy atom. The number of anilines is 1. The van der Waals surface area contributed by atoms with Gasteiger partial charge in [0.15, 0.2) is 11.5 Å². The molecular weight excluding hydrogens is 318 g/mol. The summed E-state index contributed by atoms with van der Waals surface area (Å²) in [7, 11) is 3.06. The third kappa shape index (κ3) is 2.93. The molecule has 0 fully saturated rings. The van der Waals surface area contributed by atoms with Gasteiger partial charge in [-0.25, -0.2) is 4.98 Å². The fourth-order valence-corrected chi connectivity index (χ4v) is 2.33. The number of nitrogens with zero attached hydrogens (tertiary/aromatic N) is 2. The highest BCUT2D eigenvalue weighted by Crippen LogP contribution is 2.36. The minimum atomic E-state index is 0.348. The quantitative estimate of drug-likeness (QED) is 0.735. The van der Waals surface area contributed by atoms with Crippen LogP contribution in [0.15, 0.2) is 36.5 Å². The maximum absolute atomic E-state index is 6.15. The van der Waals surface area contributed by atoms with Gasteiger partial charge in [0.2, 0.25) is 0 Å². The summed E-state index contributed by atoms with van der Waals surface area (Å²) in [5.74, 6) is 1.82. The van der Waals surface area contributed by atoms with Crippen molar-refractivity contribution in [3.63, 3.8) is 0 Å². The number of rotatable bonds is 4. The lowest BCUT2D eigenvalue weighted by Gasteiger charge is -2.12. The minimum absolute atomic E-state index is 0.348. The van der Waals surface area contributed by atoms with Crippen LogP contribution < -0.4 is 19.9 Å².